The highest BCUT2D eigenvalue weighted by atomic mass is 16.5. The number of esters is 1. The van der Waals surface area contributed by atoms with E-state index in [1.165, 1.54) is 5.57 Å². The highest BCUT2D eigenvalue weighted by molar-refractivity contribution is 5.95. The molecule has 27 heavy (non-hydrogen) atoms. The van der Waals surface area contributed by atoms with Gasteiger partial charge in [0.2, 0.25) is 0 Å². The van der Waals surface area contributed by atoms with Gasteiger partial charge in [-0.05, 0) is 36.2 Å². The number of nitrogens with zero attached hydrogens (tertiary/aromatic N) is 1. The monoisotopic (exact) mass is 363 g/mol. The van der Waals surface area contributed by atoms with Gasteiger partial charge < -0.3 is 4.74 Å². The van der Waals surface area contributed by atoms with Crippen molar-refractivity contribution >= 4 is 5.97 Å². The summed E-state index contributed by atoms with van der Waals surface area (Å²) in [5, 5.41) is 9.59. The van der Waals surface area contributed by atoms with Crippen LogP contribution < -0.4 is 0 Å². The molecule has 0 aliphatic heterocycles. The molecule has 3 aliphatic carbocycles. The Morgan fingerprint density at radius 3 is 2.85 bits per heavy atom. The van der Waals surface area contributed by atoms with Crippen LogP contribution in [-0.4, -0.2) is 12.6 Å². The number of rotatable bonds is 7. The van der Waals surface area contributed by atoms with E-state index in [-0.39, 0.29) is 5.57 Å². The highest BCUT2D eigenvalue weighted by Gasteiger charge is 2.37. The van der Waals surface area contributed by atoms with E-state index < -0.39 is 5.97 Å². The third-order valence-electron chi connectivity index (χ3n) is 6.02. The third-order valence-corrected chi connectivity index (χ3v) is 6.02. The molecule has 0 heterocycles. The first-order valence-electron chi connectivity index (χ1n) is 10.2. The number of carbonyl (C=O) groups excluding carboxylic acids is 1. The Morgan fingerprint density at radius 2 is 2.11 bits per heavy atom. The summed E-state index contributed by atoms with van der Waals surface area (Å²) < 4.78 is 5.51. The first-order chi connectivity index (χ1) is 13.2. The summed E-state index contributed by atoms with van der Waals surface area (Å²) in [4.78, 5) is 12.6. The minimum absolute atomic E-state index is 0.126. The van der Waals surface area contributed by atoms with Crippen LogP contribution in [0.5, 0.6) is 0 Å². The van der Waals surface area contributed by atoms with Crippen molar-refractivity contribution in [1.29, 1.82) is 5.26 Å². The summed E-state index contributed by atoms with van der Waals surface area (Å²) in [6.07, 6.45) is 20.3. The zero-order valence-electron chi connectivity index (χ0n) is 16.4. The number of nitriles is 1. The third kappa shape index (κ3) is 4.33. The second kappa shape index (κ2) is 9.04. The maximum absolute atomic E-state index is 12.6. The fourth-order valence-electron chi connectivity index (χ4n) is 4.30. The van der Waals surface area contributed by atoms with Gasteiger partial charge in [0.1, 0.15) is 11.6 Å². The molecule has 0 aromatic rings. The number of ether oxygens (including phenoxy) is 1. The predicted molar refractivity (Wildman–Crippen MR) is 107 cm³/mol. The SMILES string of the molecule is CCCCC(CC)COC(=O)/C(C#N)=C1/C=CC2CC3C=CC=CC3C2=C1. The number of allylic oxidation sites excluding steroid dienone is 9. The van der Waals surface area contributed by atoms with E-state index in [1.54, 1.807) is 0 Å². The van der Waals surface area contributed by atoms with Crippen LogP contribution in [0.25, 0.3) is 0 Å². The standard InChI is InChI=1S/C24H29NO2/c1-3-5-8-17(4-2)16-27-24(26)23(15-25)20-12-11-19-13-18-9-6-7-10-21(18)22(19)14-20/h6-7,9-12,14,17-19,21H,3-5,8,13,16H2,1-2H3/b23-20-. The van der Waals surface area contributed by atoms with Crippen LogP contribution in [-0.2, 0) is 9.53 Å². The van der Waals surface area contributed by atoms with Gasteiger partial charge in [-0.3, -0.25) is 0 Å². The summed E-state index contributed by atoms with van der Waals surface area (Å²) in [7, 11) is 0. The summed E-state index contributed by atoms with van der Waals surface area (Å²) in [6.45, 7) is 4.68. The van der Waals surface area contributed by atoms with E-state index in [2.05, 4.69) is 50.3 Å². The minimum atomic E-state index is -0.490. The van der Waals surface area contributed by atoms with Crippen LogP contribution in [0.4, 0.5) is 0 Å². The molecule has 142 valence electrons. The maximum atomic E-state index is 12.6. The van der Waals surface area contributed by atoms with Crippen LogP contribution >= 0.6 is 0 Å². The average Bonchev–Trinajstić information content (AvgIpc) is 3.07. The molecule has 0 N–H and O–H groups in total. The molecule has 3 aliphatic rings. The molecule has 0 amide bonds. The molecular formula is C24H29NO2. The van der Waals surface area contributed by atoms with Crippen molar-refractivity contribution < 1.29 is 9.53 Å². The molecule has 0 aromatic carbocycles. The molecule has 3 heteroatoms. The molecule has 0 radical (unpaired) electrons. The molecule has 1 saturated carbocycles. The number of unbranched alkanes of at least 4 members (excludes halogenated alkanes) is 1. The van der Waals surface area contributed by atoms with Crippen molar-refractivity contribution in [3.05, 3.63) is 59.3 Å². The number of hydrogen-bond acceptors (Lipinski definition) is 3. The Hall–Kier alpha value is -2.34. The van der Waals surface area contributed by atoms with Gasteiger partial charge >= 0.3 is 5.97 Å². The molecule has 3 rings (SSSR count). The van der Waals surface area contributed by atoms with E-state index in [1.807, 2.05) is 12.2 Å². The lowest BCUT2D eigenvalue weighted by Crippen LogP contribution is -2.16. The van der Waals surface area contributed by atoms with Crippen molar-refractivity contribution in [2.24, 2.45) is 23.7 Å². The summed E-state index contributed by atoms with van der Waals surface area (Å²) >= 11 is 0. The fraction of sp³-hybridized carbons (Fsp3) is 0.500. The van der Waals surface area contributed by atoms with E-state index in [9.17, 15) is 10.1 Å². The van der Waals surface area contributed by atoms with Gasteiger partial charge in [-0.2, -0.15) is 5.26 Å². The maximum Gasteiger partial charge on any atom is 0.349 e. The lowest BCUT2D eigenvalue weighted by atomic mass is 9.86. The van der Waals surface area contributed by atoms with E-state index in [0.717, 1.165) is 32.1 Å². The Kier molecular flexibility index (Phi) is 6.50. The van der Waals surface area contributed by atoms with Gasteiger partial charge in [0.05, 0.1) is 6.61 Å². The van der Waals surface area contributed by atoms with E-state index in [4.69, 9.17) is 4.74 Å². The van der Waals surface area contributed by atoms with Gasteiger partial charge in [0.15, 0.2) is 0 Å². The zero-order chi connectivity index (χ0) is 19.2. The van der Waals surface area contributed by atoms with Gasteiger partial charge in [-0.15, -0.1) is 0 Å². The van der Waals surface area contributed by atoms with Gasteiger partial charge in [0, 0.05) is 5.92 Å². The molecule has 0 saturated heterocycles. The average molecular weight is 364 g/mol. The first kappa shape index (κ1) is 19.4. The molecule has 0 spiro atoms. The molecular weight excluding hydrogens is 334 g/mol. The lowest BCUT2D eigenvalue weighted by molar-refractivity contribution is -0.140. The molecule has 4 atom stereocenters. The van der Waals surface area contributed by atoms with E-state index >= 15 is 0 Å². The normalized spacial score (nSPS) is 28.0. The van der Waals surface area contributed by atoms with Crippen LogP contribution in [0.15, 0.2) is 59.3 Å². The van der Waals surface area contributed by atoms with Crippen molar-refractivity contribution in [1.82, 2.24) is 0 Å². The largest absolute Gasteiger partial charge is 0.461 e. The zero-order valence-corrected chi connectivity index (χ0v) is 16.4. The summed E-state index contributed by atoms with van der Waals surface area (Å²) in [5.41, 5.74) is 2.13. The Bertz CT molecular complexity index is 760. The summed E-state index contributed by atoms with van der Waals surface area (Å²) in [5.74, 6) is 1.20. The van der Waals surface area contributed by atoms with Crippen LogP contribution in [0.3, 0.4) is 0 Å². The highest BCUT2D eigenvalue weighted by Crippen LogP contribution is 2.47. The summed E-state index contributed by atoms with van der Waals surface area (Å²) in [6, 6.07) is 2.09. The molecule has 0 aromatic heterocycles. The van der Waals surface area contributed by atoms with E-state index in [0.29, 0.717) is 35.9 Å². The van der Waals surface area contributed by atoms with Gasteiger partial charge in [-0.25, -0.2) is 4.79 Å². The Labute approximate surface area is 162 Å². The number of fused-ring (bicyclic) bond motifs is 3. The quantitative estimate of drug-likeness (QED) is 0.344. The predicted octanol–water partition coefficient (Wildman–Crippen LogP) is 5.44. The smallest absolute Gasteiger partial charge is 0.349 e. The number of hydrogen-bond donors (Lipinski definition) is 0. The lowest BCUT2D eigenvalue weighted by Gasteiger charge is -2.19. The molecule has 0 bridgehead atoms. The fourth-order valence-corrected chi connectivity index (χ4v) is 4.30. The second-order valence-electron chi connectivity index (χ2n) is 7.76. The molecule has 1 fully saturated rings. The van der Waals surface area contributed by atoms with Crippen LogP contribution in [0.2, 0.25) is 0 Å². The minimum Gasteiger partial charge on any atom is -0.461 e. The van der Waals surface area contributed by atoms with Crippen LogP contribution in [0, 0.1) is 35.0 Å². The molecule has 4 unspecified atom stereocenters. The van der Waals surface area contributed by atoms with Crippen molar-refractivity contribution in [3.8, 4) is 6.07 Å². The Morgan fingerprint density at radius 1 is 1.30 bits per heavy atom. The van der Waals surface area contributed by atoms with Crippen molar-refractivity contribution in [2.45, 2.75) is 46.0 Å². The molecule has 3 nitrogen and oxygen atoms in total. The van der Waals surface area contributed by atoms with Gasteiger partial charge in [0.25, 0.3) is 0 Å². The second-order valence-corrected chi connectivity index (χ2v) is 7.76. The Balaban J connectivity index is 1.73. The number of carbonyl (C=O) groups is 1. The van der Waals surface area contributed by atoms with Crippen molar-refractivity contribution in [2.75, 3.05) is 6.61 Å². The van der Waals surface area contributed by atoms with Crippen LogP contribution in [0.1, 0.15) is 46.0 Å². The van der Waals surface area contributed by atoms with Crippen molar-refractivity contribution in [3.63, 3.8) is 0 Å². The topological polar surface area (TPSA) is 50.1 Å². The van der Waals surface area contributed by atoms with Gasteiger partial charge in [-0.1, -0.05) is 81.2 Å². The first-order valence-corrected chi connectivity index (χ1v) is 10.2.